The van der Waals surface area contributed by atoms with Gasteiger partial charge in [-0.3, -0.25) is 4.90 Å². The minimum atomic E-state index is 0.703. The first-order chi connectivity index (χ1) is 9.67. The molecule has 0 aliphatic carbocycles. The van der Waals surface area contributed by atoms with Gasteiger partial charge in [0, 0.05) is 50.0 Å². The molecular formula is C15H25N3O2. The van der Waals surface area contributed by atoms with Crippen LogP contribution in [0.3, 0.4) is 0 Å². The lowest BCUT2D eigenvalue weighted by Gasteiger charge is -2.34. The van der Waals surface area contributed by atoms with Gasteiger partial charge in [0.25, 0.3) is 0 Å². The highest BCUT2D eigenvalue weighted by atomic mass is 16.5. The Morgan fingerprint density at radius 3 is 2.25 bits per heavy atom. The van der Waals surface area contributed by atoms with E-state index in [2.05, 4.69) is 16.7 Å². The lowest BCUT2D eigenvalue weighted by molar-refractivity contribution is 0.131. The molecule has 1 heterocycles. The molecule has 1 aromatic carbocycles. The van der Waals surface area contributed by atoms with Gasteiger partial charge in [-0.1, -0.05) is 6.92 Å². The van der Waals surface area contributed by atoms with Crippen LogP contribution in [0.15, 0.2) is 12.1 Å². The summed E-state index contributed by atoms with van der Waals surface area (Å²) in [4.78, 5) is 4.90. The zero-order valence-corrected chi connectivity index (χ0v) is 12.7. The molecule has 0 aromatic heterocycles. The number of rotatable bonds is 5. The third kappa shape index (κ3) is 3.35. The number of methoxy groups -OCH3 is 2. The fourth-order valence-electron chi connectivity index (χ4n) is 2.69. The summed E-state index contributed by atoms with van der Waals surface area (Å²) in [6, 6.07) is 3.78. The molecule has 0 bridgehead atoms. The van der Waals surface area contributed by atoms with E-state index in [4.69, 9.17) is 15.2 Å². The number of benzene rings is 1. The average molecular weight is 279 g/mol. The van der Waals surface area contributed by atoms with Gasteiger partial charge in [0.15, 0.2) is 11.5 Å². The van der Waals surface area contributed by atoms with E-state index in [-0.39, 0.29) is 0 Å². The topological polar surface area (TPSA) is 51.0 Å². The zero-order chi connectivity index (χ0) is 14.5. The normalized spacial score (nSPS) is 17.1. The molecule has 0 radical (unpaired) electrons. The van der Waals surface area contributed by atoms with E-state index in [1.54, 1.807) is 20.3 Å². The molecular weight excluding hydrogens is 254 g/mol. The van der Waals surface area contributed by atoms with Crippen LogP contribution >= 0.6 is 0 Å². The number of nitrogens with two attached hydrogens (primary N) is 1. The molecule has 1 aromatic rings. The van der Waals surface area contributed by atoms with E-state index in [0.29, 0.717) is 11.4 Å². The SMILES string of the molecule is CCN1CCN(Cc2cc(N)cc(OC)c2OC)CC1. The molecule has 0 spiro atoms. The summed E-state index contributed by atoms with van der Waals surface area (Å²) >= 11 is 0. The maximum Gasteiger partial charge on any atom is 0.165 e. The fraction of sp³-hybridized carbons (Fsp3) is 0.600. The van der Waals surface area contributed by atoms with Crippen LogP contribution in [0.4, 0.5) is 5.69 Å². The second kappa shape index (κ2) is 6.81. The number of likely N-dealkylation sites (N-methyl/N-ethyl adjacent to an activating group) is 1. The van der Waals surface area contributed by atoms with Gasteiger partial charge >= 0.3 is 0 Å². The zero-order valence-electron chi connectivity index (χ0n) is 12.7. The highest BCUT2D eigenvalue weighted by Crippen LogP contribution is 2.34. The van der Waals surface area contributed by atoms with E-state index in [1.165, 1.54) is 0 Å². The predicted molar refractivity (Wildman–Crippen MR) is 81.3 cm³/mol. The van der Waals surface area contributed by atoms with Crippen molar-refractivity contribution in [3.63, 3.8) is 0 Å². The van der Waals surface area contributed by atoms with E-state index in [0.717, 1.165) is 50.6 Å². The Morgan fingerprint density at radius 1 is 1.05 bits per heavy atom. The molecule has 0 atom stereocenters. The summed E-state index contributed by atoms with van der Waals surface area (Å²) in [7, 11) is 3.31. The van der Waals surface area contributed by atoms with Crippen molar-refractivity contribution in [1.29, 1.82) is 0 Å². The Bertz CT molecular complexity index is 443. The molecule has 1 aliphatic heterocycles. The van der Waals surface area contributed by atoms with Crippen molar-refractivity contribution in [2.45, 2.75) is 13.5 Å². The first-order valence-electron chi connectivity index (χ1n) is 7.13. The van der Waals surface area contributed by atoms with Crippen molar-refractivity contribution in [1.82, 2.24) is 9.80 Å². The monoisotopic (exact) mass is 279 g/mol. The largest absolute Gasteiger partial charge is 0.493 e. The third-order valence-corrected chi connectivity index (χ3v) is 3.88. The lowest BCUT2D eigenvalue weighted by atomic mass is 10.1. The third-order valence-electron chi connectivity index (χ3n) is 3.88. The van der Waals surface area contributed by atoms with Crippen LogP contribution in [0.25, 0.3) is 0 Å². The maximum atomic E-state index is 5.94. The number of nitrogen functional groups attached to an aromatic ring is 1. The molecule has 0 saturated carbocycles. The van der Waals surface area contributed by atoms with E-state index < -0.39 is 0 Å². The van der Waals surface area contributed by atoms with Gasteiger partial charge in [-0.25, -0.2) is 0 Å². The highest BCUT2D eigenvalue weighted by molar-refractivity contribution is 5.57. The minimum Gasteiger partial charge on any atom is -0.493 e. The van der Waals surface area contributed by atoms with Crippen molar-refractivity contribution in [2.24, 2.45) is 0 Å². The van der Waals surface area contributed by atoms with E-state index in [9.17, 15) is 0 Å². The summed E-state index contributed by atoms with van der Waals surface area (Å²) in [5, 5.41) is 0. The van der Waals surface area contributed by atoms with Gasteiger partial charge < -0.3 is 20.1 Å². The van der Waals surface area contributed by atoms with Gasteiger partial charge in [0.1, 0.15) is 0 Å². The summed E-state index contributed by atoms with van der Waals surface area (Å²) in [5.41, 5.74) is 7.75. The number of hydrogen-bond acceptors (Lipinski definition) is 5. The van der Waals surface area contributed by atoms with Gasteiger partial charge in [-0.2, -0.15) is 0 Å². The summed E-state index contributed by atoms with van der Waals surface area (Å²) in [6.45, 7) is 8.59. The van der Waals surface area contributed by atoms with Gasteiger partial charge in [-0.05, 0) is 12.6 Å². The van der Waals surface area contributed by atoms with Crippen LogP contribution in [0.2, 0.25) is 0 Å². The molecule has 2 rings (SSSR count). The predicted octanol–water partition coefficient (Wildman–Crippen LogP) is 1.42. The van der Waals surface area contributed by atoms with Gasteiger partial charge in [-0.15, -0.1) is 0 Å². The van der Waals surface area contributed by atoms with Crippen LogP contribution in [-0.2, 0) is 6.54 Å². The second-order valence-corrected chi connectivity index (χ2v) is 5.13. The second-order valence-electron chi connectivity index (χ2n) is 5.13. The van der Waals surface area contributed by atoms with Crippen molar-refractivity contribution in [3.05, 3.63) is 17.7 Å². The van der Waals surface area contributed by atoms with Gasteiger partial charge in [0.05, 0.1) is 14.2 Å². The molecule has 0 unspecified atom stereocenters. The quantitative estimate of drug-likeness (QED) is 0.826. The first-order valence-corrected chi connectivity index (χ1v) is 7.13. The molecule has 20 heavy (non-hydrogen) atoms. The van der Waals surface area contributed by atoms with Crippen LogP contribution in [0, 0.1) is 0 Å². The standard InChI is InChI=1S/C15H25N3O2/c1-4-17-5-7-18(8-6-17)11-12-9-13(16)10-14(19-2)15(12)20-3/h9-10H,4-8,11,16H2,1-3H3. The molecule has 1 saturated heterocycles. The molecule has 0 amide bonds. The Labute approximate surface area is 121 Å². The summed E-state index contributed by atoms with van der Waals surface area (Å²) < 4.78 is 10.8. The Balaban J connectivity index is 2.11. The fourth-order valence-corrected chi connectivity index (χ4v) is 2.69. The lowest BCUT2D eigenvalue weighted by Crippen LogP contribution is -2.45. The van der Waals surface area contributed by atoms with E-state index in [1.807, 2.05) is 6.07 Å². The minimum absolute atomic E-state index is 0.703. The van der Waals surface area contributed by atoms with E-state index >= 15 is 0 Å². The first kappa shape index (κ1) is 14.9. The van der Waals surface area contributed by atoms with Crippen LogP contribution in [0.1, 0.15) is 12.5 Å². The van der Waals surface area contributed by atoms with Crippen LogP contribution < -0.4 is 15.2 Å². The Hall–Kier alpha value is -1.46. The van der Waals surface area contributed by atoms with Crippen molar-refractivity contribution >= 4 is 5.69 Å². The smallest absolute Gasteiger partial charge is 0.165 e. The number of hydrogen-bond donors (Lipinski definition) is 1. The molecule has 5 nitrogen and oxygen atoms in total. The number of ether oxygens (including phenoxy) is 2. The van der Waals surface area contributed by atoms with Crippen molar-refractivity contribution in [2.75, 3.05) is 52.7 Å². The molecule has 1 aliphatic rings. The molecule has 1 fully saturated rings. The highest BCUT2D eigenvalue weighted by Gasteiger charge is 2.19. The van der Waals surface area contributed by atoms with Crippen molar-refractivity contribution in [3.8, 4) is 11.5 Å². The summed E-state index contributed by atoms with van der Waals surface area (Å²) in [5.74, 6) is 1.49. The average Bonchev–Trinajstić information content (AvgIpc) is 2.47. The maximum absolute atomic E-state index is 5.94. The molecule has 2 N–H and O–H groups in total. The van der Waals surface area contributed by atoms with Gasteiger partial charge in [0.2, 0.25) is 0 Å². The number of piperazine rings is 1. The summed E-state index contributed by atoms with van der Waals surface area (Å²) in [6.07, 6.45) is 0. The number of nitrogens with zero attached hydrogens (tertiary/aromatic N) is 2. The van der Waals surface area contributed by atoms with Crippen LogP contribution in [0.5, 0.6) is 11.5 Å². The molecule has 112 valence electrons. The number of anilines is 1. The Kier molecular flexibility index (Phi) is 5.09. The molecule has 5 heteroatoms. The van der Waals surface area contributed by atoms with Crippen LogP contribution in [-0.4, -0.2) is 56.7 Å². The Morgan fingerprint density at radius 2 is 1.70 bits per heavy atom. The van der Waals surface area contributed by atoms with Crippen molar-refractivity contribution < 1.29 is 9.47 Å².